The van der Waals surface area contributed by atoms with E-state index in [1.807, 2.05) is 6.08 Å². The number of aliphatic hydroxyl groups excluding tert-OH is 5. The van der Waals surface area contributed by atoms with Gasteiger partial charge < -0.3 is 45.1 Å². The molecular weight excluding hydrogens is 979 g/mol. The molecule has 11 nitrogen and oxygen atoms in total. The zero-order valence-electron chi connectivity index (χ0n) is 50.4. The quantitative estimate of drug-likeness (QED) is 0.0195. The number of esters is 1. The lowest BCUT2D eigenvalue weighted by molar-refractivity contribution is -0.302. The summed E-state index contributed by atoms with van der Waals surface area (Å²) in [5.74, 6) is -0.206. The Balaban J connectivity index is 1.98. The van der Waals surface area contributed by atoms with E-state index < -0.39 is 49.5 Å². The van der Waals surface area contributed by atoms with Crippen LogP contribution in [-0.2, 0) is 23.8 Å². The van der Waals surface area contributed by atoms with Crippen LogP contribution in [0.3, 0.4) is 0 Å². The Bertz CT molecular complexity index is 1430. The largest absolute Gasteiger partial charge is 0.466 e. The van der Waals surface area contributed by atoms with Crippen molar-refractivity contribution in [2.75, 3.05) is 19.8 Å². The molecule has 78 heavy (non-hydrogen) atoms. The molecule has 0 saturated carbocycles. The average Bonchev–Trinajstić information content (AvgIpc) is 3.43. The number of ether oxygens (including phenoxy) is 3. The van der Waals surface area contributed by atoms with Crippen molar-refractivity contribution in [1.29, 1.82) is 0 Å². The highest BCUT2D eigenvalue weighted by molar-refractivity contribution is 5.76. The molecule has 6 N–H and O–H groups in total. The zero-order valence-corrected chi connectivity index (χ0v) is 50.4. The molecule has 0 spiro atoms. The van der Waals surface area contributed by atoms with Crippen molar-refractivity contribution in [3.63, 3.8) is 0 Å². The molecule has 11 heteroatoms. The molecule has 1 amide bonds. The van der Waals surface area contributed by atoms with Gasteiger partial charge in [0.05, 0.1) is 32.0 Å². The lowest BCUT2D eigenvalue weighted by Crippen LogP contribution is -2.60. The van der Waals surface area contributed by atoms with Crippen LogP contribution in [0.25, 0.3) is 0 Å². The molecule has 0 aliphatic carbocycles. The summed E-state index contributed by atoms with van der Waals surface area (Å²) >= 11 is 0. The number of carbonyl (C=O) groups excluding carboxylic acids is 2. The molecule has 1 fully saturated rings. The van der Waals surface area contributed by atoms with Crippen LogP contribution in [-0.4, -0.2) is 100 Å². The lowest BCUT2D eigenvalue weighted by Gasteiger charge is -2.40. The van der Waals surface area contributed by atoms with Crippen molar-refractivity contribution in [3.8, 4) is 0 Å². The predicted molar refractivity (Wildman–Crippen MR) is 324 cm³/mol. The molecule has 1 heterocycles. The van der Waals surface area contributed by atoms with Gasteiger partial charge in [-0.25, -0.2) is 0 Å². The van der Waals surface area contributed by atoms with Crippen molar-refractivity contribution < 1.29 is 49.3 Å². The summed E-state index contributed by atoms with van der Waals surface area (Å²) in [5.41, 5.74) is 0. The van der Waals surface area contributed by atoms with Gasteiger partial charge >= 0.3 is 5.97 Å². The van der Waals surface area contributed by atoms with Crippen molar-refractivity contribution in [2.24, 2.45) is 0 Å². The van der Waals surface area contributed by atoms with E-state index in [9.17, 15) is 35.1 Å². The number of hydrogen-bond donors (Lipinski definition) is 6. The number of carbonyl (C=O) groups is 2. The number of rotatable bonds is 57. The van der Waals surface area contributed by atoms with Gasteiger partial charge in [-0.3, -0.25) is 9.59 Å². The van der Waals surface area contributed by atoms with Gasteiger partial charge in [0, 0.05) is 12.8 Å². The van der Waals surface area contributed by atoms with E-state index in [0.717, 1.165) is 83.5 Å². The second-order valence-corrected chi connectivity index (χ2v) is 22.8. The number of amides is 1. The second-order valence-electron chi connectivity index (χ2n) is 22.8. The van der Waals surface area contributed by atoms with E-state index in [4.69, 9.17) is 14.2 Å². The molecule has 0 aromatic heterocycles. The molecule has 1 aliphatic heterocycles. The highest BCUT2D eigenvalue weighted by Crippen LogP contribution is 2.23. The average molecular weight is 1100 g/mol. The van der Waals surface area contributed by atoms with Crippen molar-refractivity contribution in [2.45, 2.75) is 346 Å². The van der Waals surface area contributed by atoms with Gasteiger partial charge in [-0.1, -0.05) is 262 Å². The summed E-state index contributed by atoms with van der Waals surface area (Å²) < 4.78 is 16.7. The van der Waals surface area contributed by atoms with Crippen LogP contribution >= 0.6 is 0 Å². The lowest BCUT2D eigenvalue weighted by atomic mass is 9.99. The minimum Gasteiger partial charge on any atom is -0.466 e. The maximum absolute atomic E-state index is 13.0. The third kappa shape index (κ3) is 45.3. The Morgan fingerprint density at radius 1 is 0.474 bits per heavy atom. The SMILES string of the molecule is CCCCC/C=C/CC/C=C/C(O)C(COC1OC(CO)C(O)C(O)C1O)NC(=O)CCCCCCCCC/C=C\C/C=C\CCCCCCCCCCCOC(=O)CCCCCCCCCCCCCCCCCCCC. The summed E-state index contributed by atoms with van der Waals surface area (Å²) in [5, 5.41) is 54.2. The third-order valence-electron chi connectivity index (χ3n) is 15.4. The van der Waals surface area contributed by atoms with Gasteiger partial charge in [-0.05, 0) is 77.0 Å². The molecule has 0 aromatic rings. The van der Waals surface area contributed by atoms with E-state index in [-0.39, 0.29) is 18.5 Å². The summed E-state index contributed by atoms with van der Waals surface area (Å²) in [6.07, 6.45) is 62.5. The summed E-state index contributed by atoms with van der Waals surface area (Å²) in [4.78, 5) is 25.1. The topological polar surface area (TPSA) is 175 Å². The standard InChI is InChI=1S/C67H123NO10/c1-3-5-7-9-11-13-14-15-16-17-26-29-32-35-39-43-47-51-55-63(72)76-56-52-48-44-40-36-33-30-27-24-22-20-18-19-21-23-25-28-31-34-38-42-46-50-54-62(71)68-59(60(70)53-49-45-41-37-12-10-8-6-4-2)58-77-67-66(75)65(74)64(73)61(57-69)78-67/h12,18,20-21,23,37,49,53,59-61,64-67,69-70,73-75H,3-11,13-17,19,22,24-36,38-48,50-52,54-58H2,1-2H3,(H,68,71)/b20-18-,23-21-,37-12+,53-49+. The van der Waals surface area contributed by atoms with Crippen LogP contribution in [0.15, 0.2) is 48.6 Å². The first-order valence-corrected chi connectivity index (χ1v) is 32.9. The first kappa shape index (κ1) is 73.6. The minimum atomic E-state index is -1.58. The van der Waals surface area contributed by atoms with E-state index in [2.05, 4.69) is 55.6 Å². The summed E-state index contributed by atoms with van der Waals surface area (Å²) in [6.45, 7) is 4.28. The summed E-state index contributed by atoms with van der Waals surface area (Å²) in [6, 6.07) is -0.834. The third-order valence-corrected chi connectivity index (χ3v) is 15.4. The maximum Gasteiger partial charge on any atom is 0.305 e. The number of hydrogen-bond acceptors (Lipinski definition) is 10. The highest BCUT2D eigenvalue weighted by Gasteiger charge is 2.44. The first-order chi connectivity index (χ1) is 38.2. The van der Waals surface area contributed by atoms with Gasteiger partial charge in [0.2, 0.25) is 5.91 Å². The van der Waals surface area contributed by atoms with Crippen LogP contribution in [0.2, 0.25) is 0 Å². The van der Waals surface area contributed by atoms with Crippen molar-refractivity contribution >= 4 is 11.9 Å². The van der Waals surface area contributed by atoms with Crippen LogP contribution < -0.4 is 5.32 Å². The van der Waals surface area contributed by atoms with Crippen molar-refractivity contribution in [1.82, 2.24) is 5.32 Å². The smallest absolute Gasteiger partial charge is 0.305 e. The van der Waals surface area contributed by atoms with Gasteiger partial charge in [0.15, 0.2) is 6.29 Å². The molecule has 1 rings (SSSR count). The van der Waals surface area contributed by atoms with Crippen LogP contribution in [0.5, 0.6) is 0 Å². The fourth-order valence-electron chi connectivity index (χ4n) is 10.2. The van der Waals surface area contributed by atoms with Crippen LogP contribution in [0.1, 0.15) is 303 Å². The Hall–Kier alpha value is -2.38. The fraction of sp³-hybridized carbons (Fsp3) is 0.851. The molecule has 1 saturated heterocycles. The summed E-state index contributed by atoms with van der Waals surface area (Å²) in [7, 11) is 0. The van der Waals surface area contributed by atoms with E-state index >= 15 is 0 Å². The highest BCUT2D eigenvalue weighted by atomic mass is 16.7. The van der Waals surface area contributed by atoms with Gasteiger partial charge in [-0.15, -0.1) is 0 Å². The molecule has 456 valence electrons. The molecule has 7 atom stereocenters. The van der Waals surface area contributed by atoms with Crippen LogP contribution in [0.4, 0.5) is 0 Å². The molecule has 1 aliphatic rings. The van der Waals surface area contributed by atoms with E-state index in [1.165, 1.54) is 193 Å². The fourth-order valence-corrected chi connectivity index (χ4v) is 10.2. The van der Waals surface area contributed by atoms with Crippen molar-refractivity contribution in [3.05, 3.63) is 48.6 Å². The monoisotopic (exact) mass is 1100 g/mol. The van der Waals surface area contributed by atoms with E-state index in [1.54, 1.807) is 6.08 Å². The number of allylic oxidation sites excluding steroid dienone is 7. The number of aliphatic hydroxyl groups is 5. The second kappa shape index (κ2) is 56.5. The Morgan fingerprint density at radius 3 is 1.37 bits per heavy atom. The van der Waals surface area contributed by atoms with Crippen LogP contribution in [0, 0.1) is 0 Å². The maximum atomic E-state index is 13.0. The predicted octanol–water partition coefficient (Wildman–Crippen LogP) is 16.0. The van der Waals surface area contributed by atoms with E-state index in [0.29, 0.717) is 19.4 Å². The zero-order chi connectivity index (χ0) is 56.6. The Labute approximate surface area is 478 Å². The molecular formula is C67H123NO10. The molecule has 0 radical (unpaired) electrons. The normalized spacial score (nSPS) is 18.8. The number of nitrogens with one attached hydrogen (secondary N) is 1. The van der Waals surface area contributed by atoms with Gasteiger partial charge in [-0.2, -0.15) is 0 Å². The molecule has 7 unspecified atom stereocenters. The molecule has 0 aromatic carbocycles. The first-order valence-electron chi connectivity index (χ1n) is 32.9. The number of unbranched alkanes of at least 4 members (excludes halogenated alkanes) is 37. The Morgan fingerprint density at radius 2 is 0.872 bits per heavy atom. The minimum absolute atomic E-state index is 0.00103. The van der Waals surface area contributed by atoms with Gasteiger partial charge in [0.25, 0.3) is 0 Å². The van der Waals surface area contributed by atoms with Gasteiger partial charge in [0.1, 0.15) is 24.4 Å². The molecule has 0 bridgehead atoms. The Kier molecular flexibility index (Phi) is 53.3.